The third-order valence-corrected chi connectivity index (χ3v) is 10.6. The van der Waals surface area contributed by atoms with Gasteiger partial charge in [0.2, 0.25) is 5.78 Å². The zero-order chi connectivity index (χ0) is 33.5. The Balaban J connectivity index is 1.14. The summed E-state index contributed by atoms with van der Waals surface area (Å²) in [7, 11) is 0. The number of para-hydroxylation sites is 1. The number of nitrogens with zero attached hydrogens (tertiary/aromatic N) is 6. The SMILES string of the molecule is O=C(CSc1nnc2n(Cc3ccccc3)c(=O)c3ccccc3n12)N1N=C2/C(=C\c3ccc(Cl)cc3)CCCC2C1c1ccc(Cl)cc1. The van der Waals surface area contributed by atoms with Crippen molar-refractivity contribution in [3.63, 3.8) is 0 Å². The average Bonchev–Trinajstić information content (AvgIpc) is 3.74. The smallest absolute Gasteiger partial charge is 0.263 e. The molecule has 8 nitrogen and oxygen atoms in total. The van der Waals surface area contributed by atoms with Gasteiger partial charge in [-0.3, -0.25) is 18.6 Å². The summed E-state index contributed by atoms with van der Waals surface area (Å²) in [5.41, 5.74) is 5.63. The van der Waals surface area contributed by atoms with Crippen LogP contribution in [0.4, 0.5) is 0 Å². The molecule has 6 aromatic rings. The quantitative estimate of drug-likeness (QED) is 0.156. The van der Waals surface area contributed by atoms with E-state index in [2.05, 4.69) is 16.3 Å². The molecule has 1 fully saturated rings. The second-order valence-corrected chi connectivity index (χ2v) is 14.1. The van der Waals surface area contributed by atoms with Gasteiger partial charge in [-0.1, -0.05) is 102 Å². The molecular weight excluding hydrogens is 675 g/mol. The molecule has 4 aromatic carbocycles. The van der Waals surface area contributed by atoms with Gasteiger partial charge in [0.15, 0.2) is 5.16 Å². The van der Waals surface area contributed by atoms with Crippen LogP contribution in [0, 0.1) is 5.92 Å². The summed E-state index contributed by atoms with van der Waals surface area (Å²) in [6, 6.07) is 32.4. The van der Waals surface area contributed by atoms with E-state index in [0.29, 0.717) is 38.4 Å². The summed E-state index contributed by atoms with van der Waals surface area (Å²) in [4.78, 5) is 27.9. The number of allylic oxidation sites excluding steroid dienone is 1. The lowest BCUT2D eigenvalue weighted by atomic mass is 9.77. The lowest BCUT2D eigenvalue weighted by molar-refractivity contribution is -0.130. The Bertz CT molecular complexity index is 2320. The molecule has 49 heavy (non-hydrogen) atoms. The minimum atomic E-state index is -0.263. The molecule has 8 rings (SSSR count). The molecule has 1 amide bonds. The lowest BCUT2D eigenvalue weighted by Gasteiger charge is -2.29. The lowest BCUT2D eigenvalue weighted by Crippen LogP contribution is -2.32. The first-order valence-electron chi connectivity index (χ1n) is 16.1. The molecular formula is C38H30Cl2N6O2S. The maximum Gasteiger partial charge on any atom is 0.263 e. The molecule has 1 aliphatic carbocycles. The van der Waals surface area contributed by atoms with E-state index < -0.39 is 0 Å². The number of carbonyl (C=O) groups excluding carboxylic acids is 1. The number of amides is 1. The number of thioether (sulfide) groups is 1. The number of hydrogen-bond acceptors (Lipinski definition) is 6. The number of rotatable bonds is 7. The molecule has 244 valence electrons. The summed E-state index contributed by atoms with van der Waals surface area (Å²) in [6.45, 7) is 0.344. The van der Waals surface area contributed by atoms with Crippen molar-refractivity contribution in [3.8, 4) is 0 Å². The molecule has 0 saturated heterocycles. The van der Waals surface area contributed by atoms with Crippen molar-refractivity contribution >= 4 is 69.3 Å². The minimum Gasteiger partial charge on any atom is -0.272 e. The Morgan fingerprint density at radius 2 is 1.59 bits per heavy atom. The Hall–Kier alpha value is -4.70. The van der Waals surface area contributed by atoms with Crippen LogP contribution in [0.25, 0.3) is 22.8 Å². The Labute approximate surface area is 296 Å². The van der Waals surface area contributed by atoms with Crippen LogP contribution in [0.5, 0.6) is 0 Å². The molecule has 1 saturated carbocycles. The van der Waals surface area contributed by atoms with Gasteiger partial charge in [-0.2, -0.15) is 5.10 Å². The van der Waals surface area contributed by atoms with Crippen LogP contribution < -0.4 is 5.56 Å². The molecule has 2 unspecified atom stereocenters. The number of aromatic nitrogens is 4. The van der Waals surface area contributed by atoms with Crippen molar-refractivity contribution in [3.05, 3.63) is 146 Å². The maximum atomic E-state index is 14.2. The van der Waals surface area contributed by atoms with Gasteiger partial charge in [0.1, 0.15) is 0 Å². The summed E-state index contributed by atoms with van der Waals surface area (Å²) in [5, 5.41) is 18.1. The molecule has 3 heterocycles. The van der Waals surface area contributed by atoms with Gasteiger partial charge in [-0.25, -0.2) is 5.01 Å². The largest absolute Gasteiger partial charge is 0.272 e. The number of benzene rings is 4. The molecule has 2 atom stereocenters. The third kappa shape index (κ3) is 6.07. The molecule has 2 aromatic heterocycles. The van der Waals surface area contributed by atoms with E-state index in [1.807, 2.05) is 108 Å². The molecule has 2 aliphatic rings. The van der Waals surface area contributed by atoms with Crippen LogP contribution in [0.1, 0.15) is 42.0 Å². The first kappa shape index (κ1) is 31.6. The number of fused-ring (bicyclic) bond motifs is 4. The van der Waals surface area contributed by atoms with Gasteiger partial charge in [0, 0.05) is 16.0 Å². The fourth-order valence-electron chi connectivity index (χ4n) is 6.89. The van der Waals surface area contributed by atoms with Crippen LogP contribution in [0.2, 0.25) is 10.0 Å². The highest BCUT2D eigenvalue weighted by atomic mass is 35.5. The second kappa shape index (κ2) is 13.3. The van der Waals surface area contributed by atoms with Crippen LogP contribution in [0.15, 0.2) is 124 Å². The Kier molecular flexibility index (Phi) is 8.57. The fraction of sp³-hybridized carbons (Fsp3) is 0.184. The van der Waals surface area contributed by atoms with E-state index in [-0.39, 0.29) is 29.2 Å². The number of halogens is 2. The maximum absolute atomic E-state index is 14.2. The Morgan fingerprint density at radius 1 is 0.878 bits per heavy atom. The average molecular weight is 706 g/mol. The van der Waals surface area contributed by atoms with Crippen molar-refractivity contribution in [1.82, 2.24) is 24.2 Å². The van der Waals surface area contributed by atoms with Gasteiger partial charge >= 0.3 is 0 Å². The fourth-order valence-corrected chi connectivity index (χ4v) is 7.93. The van der Waals surface area contributed by atoms with E-state index >= 15 is 0 Å². The van der Waals surface area contributed by atoms with Crippen LogP contribution in [-0.2, 0) is 11.3 Å². The van der Waals surface area contributed by atoms with E-state index in [1.54, 1.807) is 9.58 Å². The summed E-state index contributed by atoms with van der Waals surface area (Å²) in [6.07, 6.45) is 4.95. The normalized spacial score (nSPS) is 18.3. The standard InChI is InChI=1S/C38H30Cl2N6O2S/c39-28-17-13-24(14-18-28)21-27-9-6-11-31-34(27)43-46(35(31)26-15-19-29(40)20-16-26)33(47)23-49-38-42-41-37-44(22-25-7-2-1-3-8-25)36(48)30-10-4-5-12-32(30)45(37)38/h1-5,7-8,10,12-21,31,35H,6,9,11,22-23H2/b27-21-. The summed E-state index contributed by atoms with van der Waals surface area (Å²) in [5.74, 6) is 0.409. The highest BCUT2D eigenvalue weighted by Gasteiger charge is 2.43. The molecule has 0 spiro atoms. The molecule has 11 heteroatoms. The first-order valence-corrected chi connectivity index (χ1v) is 17.8. The molecule has 0 bridgehead atoms. The highest BCUT2D eigenvalue weighted by molar-refractivity contribution is 7.99. The third-order valence-electron chi connectivity index (χ3n) is 9.17. The zero-order valence-corrected chi connectivity index (χ0v) is 28.6. The highest BCUT2D eigenvalue weighted by Crippen LogP contribution is 2.45. The van der Waals surface area contributed by atoms with E-state index in [0.717, 1.165) is 47.2 Å². The second-order valence-electron chi connectivity index (χ2n) is 12.2. The zero-order valence-electron chi connectivity index (χ0n) is 26.2. The molecule has 0 radical (unpaired) electrons. The number of carbonyl (C=O) groups is 1. The predicted molar refractivity (Wildman–Crippen MR) is 196 cm³/mol. The number of hydrogen-bond donors (Lipinski definition) is 0. The van der Waals surface area contributed by atoms with Crippen LogP contribution >= 0.6 is 35.0 Å². The van der Waals surface area contributed by atoms with Crippen molar-refractivity contribution in [2.24, 2.45) is 11.0 Å². The molecule has 1 aliphatic heterocycles. The monoisotopic (exact) mass is 704 g/mol. The number of hydrazone groups is 1. The van der Waals surface area contributed by atoms with E-state index in [4.69, 9.17) is 28.3 Å². The van der Waals surface area contributed by atoms with Gasteiger partial charge in [0.05, 0.1) is 35.0 Å². The van der Waals surface area contributed by atoms with Crippen molar-refractivity contribution in [1.29, 1.82) is 0 Å². The van der Waals surface area contributed by atoms with Gasteiger partial charge in [0.25, 0.3) is 11.5 Å². The van der Waals surface area contributed by atoms with Crippen molar-refractivity contribution < 1.29 is 4.79 Å². The minimum absolute atomic E-state index is 0.0488. The van der Waals surface area contributed by atoms with E-state index in [1.165, 1.54) is 11.8 Å². The van der Waals surface area contributed by atoms with Gasteiger partial charge in [-0.15, -0.1) is 10.2 Å². The van der Waals surface area contributed by atoms with Gasteiger partial charge in [-0.05, 0) is 84.0 Å². The van der Waals surface area contributed by atoms with E-state index in [9.17, 15) is 9.59 Å². The summed E-state index contributed by atoms with van der Waals surface area (Å²) >= 11 is 13.7. The first-order chi connectivity index (χ1) is 23.9. The topological polar surface area (TPSA) is 84.9 Å². The summed E-state index contributed by atoms with van der Waals surface area (Å²) < 4.78 is 3.51. The van der Waals surface area contributed by atoms with Crippen LogP contribution in [0.3, 0.4) is 0 Å². The van der Waals surface area contributed by atoms with Crippen molar-refractivity contribution in [2.45, 2.75) is 37.0 Å². The van der Waals surface area contributed by atoms with Crippen LogP contribution in [-0.4, -0.2) is 41.5 Å². The Morgan fingerprint density at radius 3 is 2.37 bits per heavy atom. The van der Waals surface area contributed by atoms with Crippen molar-refractivity contribution in [2.75, 3.05) is 5.75 Å². The predicted octanol–water partition coefficient (Wildman–Crippen LogP) is 8.31. The molecule has 0 N–H and O–H groups in total. The van der Waals surface area contributed by atoms with Gasteiger partial charge < -0.3 is 0 Å².